The SMILES string of the molecule is CNC(=O)c1cccc(C(=O)NCC(CC(C)C)C(=O)O)c1. The average Bonchev–Trinajstić information content (AvgIpc) is 2.49. The first-order valence-electron chi connectivity index (χ1n) is 7.18. The van der Waals surface area contributed by atoms with E-state index in [1.165, 1.54) is 13.1 Å². The van der Waals surface area contributed by atoms with Gasteiger partial charge >= 0.3 is 5.97 Å². The van der Waals surface area contributed by atoms with Gasteiger partial charge in [0.2, 0.25) is 0 Å². The Kier molecular flexibility index (Phi) is 6.56. The molecule has 0 saturated heterocycles. The maximum atomic E-state index is 12.1. The molecular formula is C16H22N2O4. The van der Waals surface area contributed by atoms with Crippen molar-refractivity contribution in [3.63, 3.8) is 0 Å². The number of nitrogens with one attached hydrogen (secondary N) is 2. The van der Waals surface area contributed by atoms with Gasteiger partial charge in [-0.25, -0.2) is 0 Å². The van der Waals surface area contributed by atoms with Gasteiger partial charge in [-0.1, -0.05) is 19.9 Å². The van der Waals surface area contributed by atoms with Crippen LogP contribution in [0.3, 0.4) is 0 Å². The largest absolute Gasteiger partial charge is 0.481 e. The number of benzene rings is 1. The fourth-order valence-corrected chi connectivity index (χ4v) is 2.10. The Morgan fingerprint density at radius 1 is 1.14 bits per heavy atom. The molecule has 6 nitrogen and oxygen atoms in total. The molecule has 2 amide bonds. The summed E-state index contributed by atoms with van der Waals surface area (Å²) >= 11 is 0. The summed E-state index contributed by atoms with van der Waals surface area (Å²) in [5.41, 5.74) is 0.710. The molecule has 0 aliphatic rings. The van der Waals surface area contributed by atoms with E-state index >= 15 is 0 Å². The number of hydrogen-bond acceptors (Lipinski definition) is 3. The van der Waals surface area contributed by atoms with Crippen LogP contribution in [0, 0.1) is 11.8 Å². The van der Waals surface area contributed by atoms with E-state index in [0.29, 0.717) is 17.5 Å². The molecule has 0 heterocycles. The molecule has 6 heteroatoms. The van der Waals surface area contributed by atoms with Crippen molar-refractivity contribution in [2.45, 2.75) is 20.3 Å². The number of hydrogen-bond donors (Lipinski definition) is 3. The second kappa shape index (κ2) is 8.17. The minimum Gasteiger partial charge on any atom is -0.481 e. The van der Waals surface area contributed by atoms with Crippen LogP contribution in [0.2, 0.25) is 0 Å². The van der Waals surface area contributed by atoms with E-state index in [2.05, 4.69) is 10.6 Å². The van der Waals surface area contributed by atoms with Crippen LogP contribution in [-0.2, 0) is 4.79 Å². The molecule has 1 atom stereocenters. The van der Waals surface area contributed by atoms with E-state index in [4.69, 9.17) is 5.11 Å². The molecule has 0 aliphatic carbocycles. The first kappa shape index (κ1) is 17.7. The van der Waals surface area contributed by atoms with Crippen LogP contribution in [0.25, 0.3) is 0 Å². The summed E-state index contributed by atoms with van der Waals surface area (Å²) in [6, 6.07) is 6.28. The van der Waals surface area contributed by atoms with Gasteiger partial charge in [0.05, 0.1) is 5.92 Å². The van der Waals surface area contributed by atoms with Gasteiger partial charge in [-0.15, -0.1) is 0 Å². The molecule has 0 aromatic heterocycles. The Balaban J connectivity index is 2.72. The highest BCUT2D eigenvalue weighted by atomic mass is 16.4. The number of amides is 2. The molecule has 0 saturated carbocycles. The smallest absolute Gasteiger partial charge is 0.308 e. The Hall–Kier alpha value is -2.37. The van der Waals surface area contributed by atoms with Gasteiger partial charge in [-0.05, 0) is 30.5 Å². The molecule has 22 heavy (non-hydrogen) atoms. The predicted molar refractivity (Wildman–Crippen MR) is 82.7 cm³/mol. The third-order valence-electron chi connectivity index (χ3n) is 3.23. The molecule has 120 valence electrons. The van der Waals surface area contributed by atoms with Gasteiger partial charge in [0, 0.05) is 24.7 Å². The van der Waals surface area contributed by atoms with Crippen molar-refractivity contribution in [1.82, 2.24) is 10.6 Å². The van der Waals surface area contributed by atoms with Gasteiger partial charge in [0.15, 0.2) is 0 Å². The summed E-state index contributed by atoms with van der Waals surface area (Å²) in [6.07, 6.45) is 0.494. The van der Waals surface area contributed by atoms with Crippen LogP contribution >= 0.6 is 0 Å². The fraction of sp³-hybridized carbons (Fsp3) is 0.438. The fourth-order valence-electron chi connectivity index (χ4n) is 2.10. The third-order valence-corrected chi connectivity index (χ3v) is 3.23. The lowest BCUT2D eigenvalue weighted by molar-refractivity contribution is -0.142. The first-order valence-corrected chi connectivity index (χ1v) is 7.18. The third kappa shape index (κ3) is 5.20. The molecule has 1 unspecified atom stereocenters. The molecule has 1 aromatic carbocycles. The first-order chi connectivity index (χ1) is 10.3. The number of carboxylic acid groups (broad SMARTS) is 1. The lowest BCUT2D eigenvalue weighted by Gasteiger charge is -2.15. The zero-order valence-corrected chi connectivity index (χ0v) is 13.1. The van der Waals surface area contributed by atoms with E-state index < -0.39 is 11.9 Å². The van der Waals surface area contributed by atoms with Gasteiger partial charge < -0.3 is 15.7 Å². The summed E-state index contributed by atoms with van der Waals surface area (Å²) in [7, 11) is 1.51. The summed E-state index contributed by atoms with van der Waals surface area (Å²) in [4.78, 5) is 34.8. The summed E-state index contributed by atoms with van der Waals surface area (Å²) in [5.74, 6) is -1.98. The van der Waals surface area contributed by atoms with Gasteiger partial charge in [-0.2, -0.15) is 0 Å². The van der Waals surface area contributed by atoms with E-state index in [0.717, 1.165) is 0 Å². The number of carbonyl (C=O) groups excluding carboxylic acids is 2. The van der Waals surface area contributed by atoms with Crippen LogP contribution in [0.1, 0.15) is 41.0 Å². The highest BCUT2D eigenvalue weighted by Gasteiger charge is 2.20. The van der Waals surface area contributed by atoms with Crippen molar-refractivity contribution in [3.05, 3.63) is 35.4 Å². The summed E-state index contributed by atoms with van der Waals surface area (Å²) < 4.78 is 0. The van der Waals surface area contributed by atoms with Crippen LogP contribution in [0.5, 0.6) is 0 Å². The van der Waals surface area contributed by atoms with Crippen molar-refractivity contribution in [3.8, 4) is 0 Å². The van der Waals surface area contributed by atoms with Crippen LogP contribution in [0.15, 0.2) is 24.3 Å². The van der Waals surface area contributed by atoms with Crippen molar-refractivity contribution >= 4 is 17.8 Å². The lowest BCUT2D eigenvalue weighted by Crippen LogP contribution is -2.33. The van der Waals surface area contributed by atoms with Gasteiger partial charge in [0.25, 0.3) is 11.8 Å². The Morgan fingerprint density at radius 3 is 2.23 bits per heavy atom. The standard InChI is InChI=1S/C16H22N2O4/c1-10(2)7-13(16(21)22)9-18-15(20)12-6-4-5-11(8-12)14(19)17-3/h4-6,8,10,13H,7,9H2,1-3H3,(H,17,19)(H,18,20)(H,21,22). The van der Waals surface area contributed by atoms with Crippen molar-refractivity contribution in [1.29, 1.82) is 0 Å². The number of aliphatic carboxylic acids is 1. The molecule has 1 rings (SSSR count). The maximum Gasteiger partial charge on any atom is 0.308 e. The number of rotatable bonds is 7. The molecule has 3 N–H and O–H groups in total. The molecule has 0 aliphatic heterocycles. The second-order valence-electron chi connectivity index (χ2n) is 5.53. The molecule has 0 fully saturated rings. The molecule has 0 radical (unpaired) electrons. The van der Waals surface area contributed by atoms with E-state index in [1.807, 2.05) is 13.8 Å². The Labute approximate surface area is 129 Å². The van der Waals surface area contributed by atoms with Crippen LogP contribution < -0.4 is 10.6 Å². The van der Waals surface area contributed by atoms with Crippen molar-refractivity contribution < 1.29 is 19.5 Å². The normalized spacial score (nSPS) is 11.8. The molecular weight excluding hydrogens is 284 g/mol. The van der Waals surface area contributed by atoms with Crippen LogP contribution in [-0.4, -0.2) is 36.5 Å². The van der Waals surface area contributed by atoms with Crippen LogP contribution in [0.4, 0.5) is 0 Å². The van der Waals surface area contributed by atoms with E-state index in [1.54, 1.807) is 18.2 Å². The van der Waals surface area contributed by atoms with Crippen molar-refractivity contribution in [2.24, 2.45) is 11.8 Å². The van der Waals surface area contributed by atoms with E-state index in [-0.39, 0.29) is 24.3 Å². The lowest BCUT2D eigenvalue weighted by atomic mass is 9.97. The zero-order valence-electron chi connectivity index (χ0n) is 13.1. The summed E-state index contributed by atoms with van der Waals surface area (Å²) in [6.45, 7) is 3.94. The van der Waals surface area contributed by atoms with Crippen molar-refractivity contribution in [2.75, 3.05) is 13.6 Å². The minimum atomic E-state index is -0.923. The highest BCUT2D eigenvalue weighted by molar-refractivity contribution is 5.99. The highest BCUT2D eigenvalue weighted by Crippen LogP contribution is 2.12. The second-order valence-corrected chi connectivity index (χ2v) is 5.53. The van der Waals surface area contributed by atoms with E-state index in [9.17, 15) is 14.4 Å². The summed E-state index contributed by atoms with van der Waals surface area (Å²) in [5, 5.41) is 14.3. The zero-order chi connectivity index (χ0) is 16.7. The molecule has 1 aromatic rings. The monoisotopic (exact) mass is 306 g/mol. The Bertz CT molecular complexity index is 555. The van der Waals surface area contributed by atoms with Gasteiger partial charge in [-0.3, -0.25) is 14.4 Å². The number of carboxylic acids is 1. The van der Waals surface area contributed by atoms with Gasteiger partial charge in [0.1, 0.15) is 0 Å². The number of carbonyl (C=O) groups is 3. The minimum absolute atomic E-state index is 0.0660. The topological polar surface area (TPSA) is 95.5 Å². The maximum absolute atomic E-state index is 12.1. The molecule has 0 bridgehead atoms. The average molecular weight is 306 g/mol. The predicted octanol–water partition coefficient (Wildman–Crippen LogP) is 1.52. The Morgan fingerprint density at radius 2 is 1.73 bits per heavy atom. The molecule has 0 spiro atoms. The quantitative estimate of drug-likeness (QED) is 0.711.